The number of hydrogen-bond donors (Lipinski definition) is 0. The summed E-state index contributed by atoms with van der Waals surface area (Å²) in [6, 6.07) is 19.4. The molecule has 138 valence electrons. The van der Waals surface area contributed by atoms with Crippen molar-refractivity contribution in [1.29, 1.82) is 0 Å². The Morgan fingerprint density at radius 3 is 1.92 bits per heavy atom. The maximum absolute atomic E-state index is 14.4. The summed E-state index contributed by atoms with van der Waals surface area (Å²) in [5.41, 5.74) is -0.150. The molecular formula is C22H27O3P. The number of esters is 1. The van der Waals surface area contributed by atoms with Gasteiger partial charge in [-0.05, 0) is 12.3 Å². The molecule has 0 aliphatic heterocycles. The molecule has 4 heteroatoms. The van der Waals surface area contributed by atoms with Gasteiger partial charge in [-0.1, -0.05) is 86.7 Å². The molecule has 0 aromatic heterocycles. The van der Waals surface area contributed by atoms with Crippen LogP contribution in [0.15, 0.2) is 72.8 Å². The van der Waals surface area contributed by atoms with Crippen LogP contribution in [0.1, 0.15) is 27.2 Å². The molecule has 1 unspecified atom stereocenters. The lowest BCUT2D eigenvalue weighted by Gasteiger charge is -2.28. The summed E-state index contributed by atoms with van der Waals surface area (Å²) < 4.78 is 19.4. The van der Waals surface area contributed by atoms with Crippen LogP contribution in [0.25, 0.3) is 0 Å². The maximum Gasteiger partial charge on any atom is 0.302 e. The molecule has 2 aromatic carbocycles. The minimum Gasteiger partial charge on any atom is -0.462 e. The van der Waals surface area contributed by atoms with E-state index in [-0.39, 0.29) is 18.2 Å². The fraction of sp³-hybridized carbons (Fsp3) is 0.318. The molecule has 0 saturated heterocycles. The Labute approximate surface area is 156 Å². The van der Waals surface area contributed by atoms with Gasteiger partial charge in [0.15, 0.2) is 0 Å². The number of allylic oxidation sites excluding steroid dienone is 1. The lowest BCUT2D eigenvalue weighted by atomic mass is 10.1. The van der Waals surface area contributed by atoms with Crippen LogP contribution < -0.4 is 10.6 Å². The van der Waals surface area contributed by atoms with E-state index >= 15 is 0 Å². The van der Waals surface area contributed by atoms with E-state index in [1.165, 1.54) is 6.92 Å². The van der Waals surface area contributed by atoms with E-state index < -0.39 is 7.14 Å². The largest absolute Gasteiger partial charge is 0.462 e. The maximum atomic E-state index is 14.4. The van der Waals surface area contributed by atoms with Gasteiger partial charge < -0.3 is 9.30 Å². The van der Waals surface area contributed by atoms with Gasteiger partial charge in [0, 0.05) is 23.2 Å². The van der Waals surface area contributed by atoms with Crippen molar-refractivity contribution in [1.82, 2.24) is 0 Å². The summed E-state index contributed by atoms with van der Waals surface area (Å²) >= 11 is 0. The van der Waals surface area contributed by atoms with Gasteiger partial charge in [-0.15, -0.1) is 0 Å². The Kier molecular flexibility index (Phi) is 7.41. The third-order valence-electron chi connectivity index (χ3n) is 4.20. The van der Waals surface area contributed by atoms with Crippen molar-refractivity contribution in [3.05, 3.63) is 72.8 Å². The number of carbonyl (C=O) groups excluding carboxylic acids is 1. The van der Waals surface area contributed by atoms with Crippen LogP contribution in [0.4, 0.5) is 0 Å². The average molecular weight is 370 g/mol. The minimum atomic E-state index is -2.88. The van der Waals surface area contributed by atoms with Crippen LogP contribution in [-0.4, -0.2) is 18.2 Å². The zero-order chi connectivity index (χ0) is 19.0. The van der Waals surface area contributed by atoms with Crippen LogP contribution in [0.3, 0.4) is 0 Å². The second kappa shape index (κ2) is 9.54. The summed E-state index contributed by atoms with van der Waals surface area (Å²) in [6.45, 7) is 5.85. The first kappa shape index (κ1) is 20.2. The molecule has 2 rings (SSSR count). The Morgan fingerprint density at radius 2 is 1.50 bits per heavy atom. The predicted molar refractivity (Wildman–Crippen MR) is 109 cm³/mol. The summed E-state index contributed by atoms with van der Waals surface area (Å²) in [7, 11) is -2.88. The standard InChI is InChI=1S/C22H27O3P/c1-18(2)17-22(15-10-16-25-19(3)23)26(24,20-11-6-4-7-12-20)21-13-8-5-9-14-21/h4-15,18,22H,16-17H2,1-3H3/b15-10+. The lowest BCUT2D eigenvalue weighted by molar-refractivity contribution is -0.139. The molecule has 0 N–H and O–H groups in total. The van der Waals surface area contributed by atoms with E-state index in [4.69, 9.17) is 4.74 Å². The van der Waals surface area contributed by atoms with Crippen LogP contribution >= 0.6 is 7.14 Å². The smallest absolute Gasteiger partial charge is 0.302 e. The first-order valence-electron chi connectivity index (χ1n) is 8.95. The van der Waals surface area contributed by atoms with Gasteiger partial charge in [0.2, 0.25) is 0 Å². The Balaban J connectivity index is 2.48. The quantitative estimate of drug-likeness (QED) is 0.389. The SMILES string of the molecule is CC(=O)OC/C=C/C(CC(C)C)P(=O)(c1ccccc1)c1ccccc1. The van der Waals surface area contributed by atoms with Gasteiger partial charge in [0.1, 0.15) is 13.7 Å². The fourth-order valence-corrected chi connectivity index (χ4v) is 6.42. The highest BCUT2D eigenvalue weighted by atomic mass is 31.2. The predicted octanol–water partition coefficient (Wildman–Crippen LogP) is 4.53. The minimum absolute atomic E-state index is 0.150. The molecular weight excluding hydrogens is 343 g/mol. The van der Waals surface area contributed by atoms with E-state index in [9.17, 15) is 9.36 Å². The second-order valence-corrected chi connectivity index (χ2v) is 9.77. The molecule has 0 bridgehead atoms. The molecule has 0 radical (unpaired) electrons. The molecule has 0 heterocycles. The number of carbonyl (C=O) groups is 1. The van der Waals surface area contributed by atoms with Gasteiger partial charge in [-0.3, -0.25) is 4.79 Å². The first-order chi connectivity index (χ1) is 12.4. The van der Waals surface area contributed by atoms with Crippen molar-refractivity contribution in [2.24, 2.45) is 5.92 Å². The van der Waals surface area contributed by atoms with Crippen LogP contribution in [-0.2, 0) is 14.1 Å². The van der Waals surface area contributed by atoms with Crippen molar-refractivity contribution >= 4 is 23.7 Å². The van der Waals surface area contributed by atoms with Crippen LogP contribution in [0.5, 0.6) is 0 Å². The molecule has 0 amide bonds. The third kappa shape index (κ3) is 5.19. The number of hydrogen-bond acceptors (Lipinski definition) is 3. The van der Waals surface area contributed by atoms with Crippen molar-refractivity contribution in [3.8, 4) is 0 Å². The molecule has 3 nitrogen and oxygen atoms in total. The third-order valence-corrected chi connectivity index (χ3v) is 7.65. The van der Waals surface area contributed by atoms with E-state index in [1.54, 1.807) is 0 Å². The normalized spacial score (nSPS) is 13.1. The Morgan fingerprint density at radius 1 is 1.00 bits per heavy atom. The molecule has 0 aliphatic rings. The van der Waals surface area contributed by atoms with Crippen LogP contribution in [0.2, 0.25) is 0 Å². The topological polar surface area (TPSA) is 43.4 Å². The fourth-order valence-electron chi connectivity index (χ4n) is 3.04. The highest BCUT2D eigenvalue weighted by Crippen LogP contribution is 2.51. The number of ether oxygens (including phenoxy) is 1. The molecule has 26 heavy (non-hydrogen) atoms. The van der Waals surface area contributed by atoms with Gasteiger partial charge in [-0.2, -0.15) is 0 Å². The lowest BCUT2D eigenvalue weighted by Crippen LogP contribution is -2.26. The molecule has 0 spiro atoms. The van der Waals surface area contributed by atoms with E-state index in [0.717, 1.165) is 17.0 Å². The molecule has 2 aromatic rings. The van der Waals surface area contributed by atoms with Crippen molar-refractivity contribution in [2.45, 2.75) is 32.9 Å². The second-order valence-electron chi connectivity index (χ2n) is 6.76. The summed E-state index contributed by atoms with van der Waals surface area (Å²) in [4.78, 5) is 11.0. The monoisotopic (exact) mass is 370 g/mol. The Bertz CT molecular complexity index is 723. The highest BCUT2D eigenvalue weighted by molar-refractivity contribution is 7.79. The number of benzene rings is 2. The van der Waals surface area contributed by atoms with Gasteiger partial charge in [0.25, 0.3) is 0 Å². The molecule has 0 aliphatic carbocycles. The van der Waals surface area contributed by atoms with Gasteiger partial charge >= 0.3 is 5.97 Å². The summed E-state index contributed by atoms with van der Waals surface area (Å²) in [6.07, 6.45) is 4.56. The van der Waals surface area contributed by atoms with Crippen molar-refractivity contribution in [3.63, 3.8) is 0 Å². The Hall–Kier alpha value is -2.12. The highest BCUT2D eigenvalue weighted by Gasteiger charge is 2.35. The summed E-state index contributed by atoms with van der Waals surface area (Å²) in [5, 5.41) is 1.71. The zero-order valence-electron chi connectivity index (χ0n) is 15.7. The van der Waals surface area contributed by atoms with Gasteiger partial charge in [-0.25, -0.2) is 0 Å². The molecule has 0 fully saturated rings. The summed E-state index contributed by atoms with van der Waals surface area (Å²) in [5.74, 6) is 0.0727. The van der Waals surface area contributed by atoms with Crippen molar-refractivity contribution < 1.29 is 14.1 Å². The first-order valence-corrected chi connectivity index (χ1v) is 10.7. The zero-order valence-corrected chi connectivity index (χ0v) is 16.6. The average Bonchev–Trinajstić information content (AvgIpc) is 2.64. The van der Waals surface area contributed by atoms with E-state index in [0.29, 0.717) is 5.92 Å². The molecule has 1 atom stereocenters. The molecule has 0 saturated carbocycles. The van der Waals surface area contributed by atoms with E-state index in [2.05, 4.69) is 13.8 Å². The van der Waals surface area contributed by atoms with E-state index in [1.807, 2.05) is 72.8 Å². The van der Waals surface area contributed by atoms with Crippen LogP contribution in [0, 0.1) is 5.92 Å². The van der Waals surface area contributed by atoms with Crippen molar-refractivity contribution in [2.75, 3.05) is 6.61 Å². The van der Waals surface area contributed by atoms with Gasteiger partial charge in [0.05, 0.1) is 0 Å². The number of rotatable bonds is 8.